The second-order valence-corrected chi connectivity index (χ2v) is 4.34. The summed E-state index contributed by atoms with van der Waals surface area (Å²) in [7, 11) is 1.56. The van der Waals surface area contributed by atoms with Gasteiger partial charge in [0.05, 0.1) is 20.1 Å². The Morgan fingerprint density at radius 1 is 1.09 bits per heavy atom. The van der Waals surface area contributed by atoms with Crippen molar-refractivity contribution >= 4 is 17.9 Å². The fourth-order valence-corrected chi connectivity index (χ4v) is 1.51. The van der Waals surface area contributed by atoms with Gasteiger partial charge in [0, 0.05) is 6.54 Å². The number of hydrogen-bond acceptors (Lipinski definition) is 6. The molecule has 0 aliphatic carbocycles. The van der Waals surface area contributed by atoms with E-state index in [1.54, 1.807) is 38.3 Å². The molecule has 0 saturated heterocycles. The molecule has 0 fully saturated rings. The van der Waals surface area contributed by atoms with Crippen molar-refractivity contribution in [1.82, 2.24) is 10.6 Å². The lowest BCUT2D eigenvalue weighted by Crippen LogP contribution is -2.41. The number of hydrogen-bond donors (Lipinski definition) is 2. The number of benzene rings is 1. The molecule has 1 rings (SSSR count). The smallest absolute Gasteiger partial charge is 0.321 e. The number of rotatable bonds is 8. The maximum Gasteiger partial charge on any atom is 0.321 e. The molecule has 0 aromatic heterocycles. The monoisotopic (exact) mass is 324 g/mol. The Kier molecular flexibility index (Phi) is 7.98. The molecule has 8 nitrogen and oxygen atoms in total. The lowest BCUT2D eigenvalue weighted by molar-refractivity contribution is -0.148. The highest BCUT2D eigenvalue weighted by Crippen LogP contribution is 2.16. The van der Waals surface area contributed by atoms with Crippen LogP contribution in [0.3, 0.4) is 0 Å². The van der Waals surface area contributed by atoms with E-state index in [1.165, 1.54) is 0 Å². The van der Waals surface area contributed by atoms with Gasteiger partial charge in [-0.1, -0.05) is 0 Å². The molecule has 0 aliphatic heterocycles. The third-order valence-electron chi connectivity index (χ3n) is 2.59. The topological polar surface area (TPSA) is 103 Å². The van der Waals surface area contributed by atoms with Crippen LogP contribution in [0.4, 0.5) is 4.79 Å². The second kappa shape index (κ2) is 10.0. The molecule has 126 valence electrons. The van der Waals surface area contributed by atoms with Gasteiger partial charge in [-0.2, -0.15) is 0 Å². The van der Waals surface area contributed by atoms with Crippen LogP contribution in [0.15, 0.2) is 24.3 Å². The van der Waals surface area contributed by atoms with Crippen molar-refractivity contribution in [3.05, 3.63) is 24.3 Å². The standard InChI is InChI=1S/C15H20N2O6/c1-3-16-15(20)17-13(18)10-23-14(19)8-9-22-12-6-4-11(21-2)5-7-12/h4-7H,3,8-10H2,1-2H3,(H2,16,17,18,20). The number of methoxy groups -OCH3 is 1. The van der Waals surface area contributed by atoms with Gasteiger partial charge in [0.15, 0.2) is 6.61 Å². The summed E-state index contributed by atoms with van der Waals surface area (Å²) in [4.78, 5) is 33.8. The molecule has 1 aromatic rings. The summed E-state index contributed by atoms with van der Waals surface area (Å²) < 4.78 is 15.1. The van der Waals surface area contributed by atoms with Gasteiger partial charge in [0.1, 0.15) is 11.5 Å². The first-order valence-electron chi connectivity index (χ1n) is 7.05. The van der Waals surface area contributed by atoms with E-state index in [0.717, 1.165) is 0 Å². The average Bonchev–Trinajstić information content (AvgIpc) is 2.54. The van der Waals surface area contributed by atoms with E-state index in [4.69, 9.17) is 14.2 Å². The number of esters is 1. The lowest BCUT2D eigenvalue weighted by atomic mass is 10.3. The van der Waals surface area contributed by atoms with E-state index in [2.05, 4.69) is 5.32 Å². The summed E-state index contributed by atoms with van der Waals surface area (Å²) in [6, 6.07) is 6.27. The maximum absolute atomic E-state index is 11.4. The second-order valence-electron chi connectivity index (χ2n) is 4.34. The van der Waals surface area contributed by atoms with Gasteiger partial charge >= 0.3 is 12.0 Å². The molecule has 0 aliphatic rings. The fraction of sp³-hybridized carbons (Fsp3) is 0.400. The maximum atomic E-state index is 11.4. The molecular weight excluding hydrogens is 304 g/mol. The van der Waals surface area contributed by atoms with Crippen molar-refractivity contribution in [1.29, 1.82) is 0 Å². The highest BCUT2D eigenvalue weighted by molar-refractivity contribution is 5.95. The van der Waals surface area contributed by atoms with Crippen LogP contribution in [0.2, 0.25) is 0 Å². The molecule has 0 atom stereocenters. The molecule has 0 unspecified atom stereocenters. The van der Waals surface area contributed by atoms with Crippen LogP contribution in [0.25, 0.3) is 0 Å². The van der Waals surface area contributed by atoms with Crippen LogP contribution in [-0.2, 0) is 14.3 Å². The molecule has 2 N–H and O–H groups in total. The van der Waals surface area contributed by atoms with Crippen molar-refractivity contribution in [3.8, 4) is 11.5 Å². The minimum absolute atomic E-state index is 0.0134. The molecule has 1 aromatic carbocycles. The summed E-state index contributed by atoms with van der Waals surface area (Å²) in [5, 5.41) is 4.40. The molecule has 0 heterocycles. The first-order chi connectivity index (χ1) is 11.0. The Hall–Kier alpha value is -2.77. The molecule has 0 radical (unpaired) electrons. The van der Waals surface area contributed by atoms with E-state index < -0.39 is 24.5 Å². The summed E-state index contributed by atoms with van der Waals surface area (Å²) in [6.45, 7) is 1.70. The number of nitrogens with one attached hydrogen (secondary N) is 2. The molecule has 0 saturated carbocycles. The number of urea groups is 1. The quantitative estimate of drug-likeness (QED) is 0.687. The van der Waals surface area contributed by atoms with Gasteiger partial charge in [-0.05, 0) is 31.2 Å². The van der Waals surface area contributed by atoms with Crippen LogP contribution in [0.5, 0.6) is 11.5 Å². The average molecular weight is 324 g/mol. The number of ether oxygens (including phenoxy) is 3. The first-order valence-corrected chi connectivity index (χ1v) is 7.05. The SMILES string of the molecule is CCNC(=O)NC(=O)COC(=O)CCOc1ccc(OC)cc1. The van der Waals surface area contributed by atoms with E-state index >= 15 is 0 Å². The van der Waals surface area contributed by atoms with Crippen molar-refractivity contribution < 1.29 is 28.6 Å². The third kappa shape index (κ3) is 7.70. The van der Waals surface area contributed by atoms with Crippen LogP contribution in [0, 0.1) is 0 Å². The lowest BCUT2D eigenvalue weighted by Gasteiger charge is -2.08. The number of amides is 3. The van der Waals surface area contributed by atoms with E-state index in [0.29, 0.717) is 18.0 Å². The predicted octanol–water partition coefficient (Wildman–Crippen LogP) is 0.853. The van der Waals surface area contributed by atoms with Crippen molar-refractivity contribution in [2.45, 2.75) is 13.3 Å². The Bertz CT molecular complexity index is 529. The molecule has 8 heteroatoms. The Morgan fingerprint density at radius 2 is 1.74 bits per heavy atom. The van der Waals surface area contributed by atoms with Gasteiger partial charge in [-0.25, -0.2) is 4.79 Å². The minimum Gasteiger partial charge on any atom is -0.497 e. The summed E-state index contributed by atoms with van der Waals surface area (Å²) >= 11 is 0. The van der Waals surface area contributed by atoms with Crippen LogP contribution in [-0.4, -0.2) is 44.8 Å². The van der Waals surface area contributed by atoms with Gasteiger partial charge in [0.25, 0.3) is 5.91 Å². The fourth-order valence-electron chi connectivity index (χ4n) is 1.51. The van der Waals surface area contributed by atoms with Gasteiger partial charge in [-0.3, -0.25) is 14.9 Å². The molecule has 3 amide bonds. The predicted molar refractivity (Wildman–Crippen MR) is 81.3 cm³/mol. The normalized spacial score (nSPS) is 9.65. The Labute approximate surface area is 134 Å². The van der Waals surface area contributed by atoms with Crippen molar-refractivity contribution in [2.24, 2.45) is 0 Å². The third-order valence-corrected chi connectivity index (χ3v) is 2.59. The van der Waals surface area contributed by atoms with Crippen molar-refractivity contribution in [2.75, 3.05) is 26.9 Å². The largest absolute Gasteiger partial charge is 0.497 e. The van der Waals surface area contributed by atoms with Crippen LogP contribution in [0.1, 0.15) is 13.3 Å². The molecule has 23 heavy (non-hydrogen) atoms. The summed E-state index contributed by atoms with van der Waals surface area (Å²) in [5.74, 6) is 0.00685. The van der Waals surface area contributed by atoms with Gasteiger partial charge < -0.3 is 19.5 Å². The van der Waals surface area contributed by atoms with E-state index in [1.807, 2.05) is 5.32 Å². The zero-order valence-electron chi connectivity index (χ0n) is 13.1. The Morgan fingerprint density at radius 3 is 2.35 bits per heavy atom. The summed E-state index contributed by atoms with van der Waals surface area (Å²) in [6.07, 6.45) is -0.0134. The number of carbonyl (C=O) groups excluding carboxylic acids is 3. The highest BCUT2D eigenvalue weighted by Gasteiger charge is 2.10. The van der Waals surface area contributed by atoms with Crippen LogP contribution < -0.4 is 20.1 Å². The molecule has 0 spiro atoms. The van der Waals surface area contributed by atoms with E-state index in [-0.39, 0.29) is 13.0 Å². The van der Waals surface area contributed by atoms with Gasteiger partial charge in [-0.15, -0.1) is 0 Å². The zero-order chi connectivity index (χ0) is 17.1. The van der Waals surface area contributed by atoms with Gasteiger partial charge in [0.2, 0.25) is 0 Å². The zero-order valence-corrected chi connectivity index (χ0v) is 13.1. The van der Waals surface area contributed by atoms with Crippen LogP contribution >= 0.6 is 0 Å². The van der Waals surface area contributed by atoms with E-state index in [9.17, 15) is 14.4 Å². The summed E-state index contributed by atoms with van der Waals surface area (Å²) in [5.41, 5.74) is 0. The minimum atomic E-state index is -0.694. The Balaban J connectivity index is 2.18. The molecule has 0 bridgehead atoms. The van der Waals surface area contributed by atoms with Crippen molar-refractivity contribution in [3.63, 3.8) is 0 Å². The number of carbonyl (C=O) groups is 3. The molecular formula is C15H20N2O6. The first kappa shape index (κ1) is 18.3. The number of imide groups is 1. The highest BCUT2D eigenvalue weighted by atomic mass is 16.5.